The monoisotopic (exact) mass is 387 g/mol. The maximum absolute atomic E-state index is 13.0. The van der Waals surface area contributed by atoms with Gasteiger partial charge in [-0.05, 0) is 26.7 Å². The first-order chi connectivity index (χ1) is 12.3. The Hall–Kier alpha value is -1.19. The Morgan fingerprint density at radius 3 is 2.62 bits per heavy atom. The number of rotatable bonds is 4. The molecule has 2 N–H and O–H groups in total. The number of sulfonamides is 1. The van der Waals surface area contributed by atoms with E-state index in [2.05, 4.69) is 10.6 Å². The van der Waals surface area contributed by atoms with Crippen LogP contribution < -0.4 is 10.6 Å². The van der Waals surface area contributed by atoms with Crippen LogP contribution in [0.25, 0.3) is 0 Å². The number of carbonyl (C=O) groups is 2. The van der Waals surface area contributed by atoms with Crippen LogP contribution in [0.4, 0.5) is 0 Å². The van der Waals surface area contributed by atoms with E-state index < -0.39 is 32.7 Å². The van der Waals surface area contributed by atoms with Gasteiger partial charge in [0.25, 0.3) is 5.91 Å². The molecule has 8 nitrogen and oxygen atoms in total. The number of hydrogen-bond acceptors (Lipinski definition) is 5. The van der Waals surface area contributed by atoms with Crippen molar-refractivity contribution in [2.75, 3.05) is 26.2 Å². The third kappa shape index (κ3) is 3.48. The van der Waals surface area contributed by atoms with Gasteiger partial charge in [0.15, 0.2) is 5.60 Å². The maximum atomic E-state index is 13.0. The molecule has 0 aromatic carbocycles. The van der Waals surface area contributed by atoms with Crippen LogP contribution in [0.1, 0.15) is 46.0 Å². The summed E-state index contributed by atoms with van der Waals surface area (Å²) in [5.41, 5.74) is -1.43. The molecule has 0 aromatic heterocycles. The third-order valence-electron chi connectivity index (χ3n) is 5.72. The number of hydrogen-bond donors (Lipinski definition) is 2. The predicted molar refractivity (Wildman–Crippen MR) is 95.8 cm³/mol. The van der Waals surface area contributed by atoms with Crippen molar-refractivity contribution in [1.29, 1.82) is 0 Å². The van der Waals surface area contributed by atoms with Crippen LogP contribution in [0.2, 0.25) is 0 Å². The number of carbonyl (C=O) groups excluding carboxylic acids is 2. The Kier molecular flexibility index (Phi) is 5.60. The second-order valence-corrected chi connectivity index (χ2v) is 10.3. The molecule has 3 fully saturated rings. The van der Waals surface area contributed by atoms with E-state index in [1.807, 2.05) is 0 Å². The number of ether oxygens (including phenoxy) is 1. The lowest BCUT2D eigenvalue weighted by molar-refractivity contribution is -0.163. The second kappa shape index (κ2) is 7.44. The lowest BCUT2D eigenvalue weighted by Crippen LogP contribution is -2.62. The summed E-state index contributed by atoms with van der Waals surface area (Å²) >= 11 is 0. The first kappa shape index (κ1) is 19.6. The largest absolute Gasteiger partial charge is 0.361 e. The molecule has 26 heavy (non-hydrogen) atoms. The van der Waals surface area contributed by atoms with E-state index in [4.69, 9.17) is 4.74 Å². The van der Waals surface area contributed by atoms with Gasteiger partial charge in [-0.2, -0.15) is 4.31 Å². The van der Waals surface area contributed by atoms with Crippen molar-refractivity contribution in [3.05, 3.63) is 0 Å². The van der Waals surface area contributed by atoms with E-state index in [-0.39, 0.29) is 31.6 Å². The molecule has 2 aliphatic heterocycles. The molecule has 0 radical (unpaired) electrons. The van der Waals surface area contributed by atoms with Crippen molar-refractivity contribution < 1.29 is 22.7 Å². The summed E-state index contributed by atoms with van der Waals surface area (Å²) in [6.07, 6.45) is 5.17. The van der Waals surface area contributed by atoms with Gasteiger partial charge in [-0.3, -0.25) is 9.59 Å². The molecule has 3 aliphatic rings. The van der Waals surface area contributed by atoms with Crippen molar-refractivity contribution in [1.82, 2.24) is 14.9 Å². The molecular formula is C17H29N3O5S. The smallest absolute Gasteiger partial charge is 0.254 e. The van der Waals surface area contributed by atoms with Crippen LogP contribution in [0.3, 0.4) is 0 Å². The highest BCUT2D eigenvalue weighted by Gasteiger charge is 2.60. The highest BCUT2D eigenvalue weighted by atomic mass is 32.2. The Bertz CT molecular complexity index is 659. The zero-order valence-corrected chi connectivity index (χ0v) is 16.3. The van der Waals surface area contributed by atoms with Crippen LogP contribution in [-0.4, -0.2) is 67.7 Å². The molecule has 0 aromatic rings. The van der Waals surface area contributed by atoms with Crippen molar-refractivity contribution in [3.8, 4) is 0 Å². The predicted octanol–water partition coefficient (Wildman–Crippen LogP) is -0.00950. The highest BCUT2D eigenvalue weighted by Crippen LogP contribution is 2.36. The summed E-state index contributed by atoms with van der Waals surface area (Å²) in [5, 5.41) is 5.15. The Labute approximate surface area is 155 Å². The number of morpholine rings is 1. The van der Waals surface area contributed by atoms with Crippen LogP contribution in [0.5, 0.6) is 0 Å². The second-order valence-electron chi connectivity index (χ2n) is 7.78. The molecule has 2 atom stereocenters. The van der Waals surface area contributed by atoms with E-state index in [9.17, 15) is 18.0 Å². The summed E-state index contributed by atoms with van der Waals surface area (Å²) in [5.74, 6) is -1.51. The molecule has 9 heteroatoms. The normalized spacial score (nSPS) is 31.3. The number of nitrogens with one attached hydrogen (secondary N) is 2. The van der Waals surface area contributed by atoms with Crippen molar-refractivity contribution in [2.45, 2.75) is 62.8 Å². The maximum Gasteiger partial charge on any atom is 0.254 e. The van der Waals surface area contributed by atoms with Crippen molar-refractivity contribution in [3.63, 3.8) is 0 Å². The first-order valence-corrected chi connectivity index (χ1v) is 11.0. The standard InChI is InChI=1S/C17H29N3O5S/c1-12(2)26(23,24)20-10-14(15(21)19-13-6-4-3-5-7-13)17(11-20)16(22)18-8-9-25-17/h12-14H,3-11H2,1-2H3,(H,18,22)(H,19,21)/t14-,17-/m1/s1. The van der Waals surface area contributed by atoms with Crippen molar-refractivity contribution in [2.24, 2.45) is 5.92 Å². The van der Waals surface area contributed by atoms with Gasteiger partial charge in [0.1, 0.15) is 0 Å². The van der Waals surface area contributed by atoms with Gasteiger partial charge in [0, 0.05) is 19.1 Å². The summed E-state index contributed by atoms with van der Waals surface area (Å²) in [7, 11) is -3.58. The fraction of sp³-hybridized carbons (Fsp3) is 0.882. The van der Waals surface area contributed by atoms with Crippen LogP contribution in [0.15, 0.2) is 0 Å². The van der Waals surface area contributed by atoms with Gasteiger partial charge < -0.3 is 15.4 Å². The van der Waals surface area contributed by atoms with E-state index in [1.165, 1.54) is 10.7 Å². The lowest BCUT2D eigenvalue weighted by Gasteiger charge is -2.36. The van der Waals surface area contributed by atoms with E-state index in [0.29, 0.717) is 6.54 Å². The minimum absolute atomic E-state index is 0.0213. The third-order valence-corrected chi connectivity index (χ3v) is 7.90. The molecule has 3 rings (SSSR count). The zero-order valence-electron chi connectivity index (χ0n) is 15.5. The van der Waals surface area contributed by atoms with Crippen LogP contribution in [-0.2, 0) is 24.3 Å². The minimum atomic E-state index is -3.58. The van der Waals surface area contributed by atoms with E-state index in [1.54, 1.807) is 13.8 Å². The van der Waals surface area contributed by atoms with Crippen LogP contribution >= 0.6 is 0 Å². The Morgan fingerprint density at radius 2 is 2.00 bits per heavy atom. The molecule has 2 saturated heterocycles. The average molecular weight is 388 g/mol. The molecule has 0 bridgehead atoms. The summed E-state index contributed by atoms with van der Waals surface area (Å²) in [6.45, 7) is 3.70. The quantitative estimate of drug-likeness (QED) is 0.706. The van der Waals surface area contributed by atoms with E-state index in [0.717, 1.165) is 25.7 Å². The molecule has 1 aliphatic carbocycles. The SMILES string of the molecule is CC(C)S(=O)(=O)N1C[C@H](C(=O)NC2CCCCC2)[C@@]2(C1)OCCNC2=O. The zero-order chi connectivity index (χ0) is 18.9. The summed E-state index contributed by atoms with van der Waals surface area (Å²) in [6, 6.07) is 0.0932. The molecule has 1 saturated carbocycles. The molecule has 2 heterocycles. The fourth-order valence-corrected chi connectivity index (χ4v) is 5.44. The van der Waals surface area contributed by atoms with E-state index >= 15 is 0 Å². The van der Waals surface area contributed by atoms with Crippen molar-refractivity contribution >= 4 is 21.8 Å². The first-order valence-electron chi connectivity index (χ1n) is 9.49. The Morgan fingerprint density at radius 1 is 1.31 bits per heavy atom. The van der Waals surface area contributed by atoms with Gasteiger partial charge in [0.2, 0.25) is 15.9 Å². The van der Waals surface area contributed by atoms with Gasteiger partial charge in [-0.25, -0.2) is 8.42 Å². The van der Waals surface area contributed by atoms with Gasteiger partial charge in [-0.1, -0.05) is 19.3 Å². The average Bonchev–Trinajstić information content (AvgIpc) is 2.99. The Balaban J connectivity index is 1.84. The molecule has 1 spiro atoms. The van der Waals surface area contributed by atoms with Crippen LogP contribution in [0, 0.1) is 5.92 Å². The van der Waals surface area contributed by atoms with Gasteiger partial charge in [-0.15, -0.1) is 0 Å². The molecular weight excluding hydrogens is 358 g/mol. The number of nitrogens with zero attached hydrogens (tertiary/aromatic N) is 1. The fourth-order valence-electron chi connectivity index (χ4n) is 4.11. The number of amides is 2. The molecule has 2 amide bonds. The molecule has 148 valence electrons. The topological polar surface area (TPSA) is 105 Å². The molecule has 0 unspecified atom stereocenters. The summed E-state index contributed by atoms with van der Waals surface area (Å²) < 4.78 is 32.3. The summed E-state index contributed by atoms with van der Waals surface area (Å²) in [4.78, 5) is 25.6. The van der Waals surface area contributed by atoms with Gasteiger partial charge in [0.05, 0.1) is 24.3 Å². The van der Waals surface area contributed by atoms with Gasteiger partial charge >= 0.3 is 0 Å². The highest BCUT2D eigenvalue weighted by molar-refractivity contribution is 7.89. The lowest BCUT2D eigenvalue weighted by atomic mass is 9.87. The minimum Gasteiger partial charge on any atom is -0.361 e.